The minimum Gasteiger partial charge on any atom is -0.485 e. The lowest BCUT2D eigenvalue weighted by atomic mass is 10.2. The number of aromatic nitrogens is 3. The van der Waals surface area contributed by atoms with Gasteiger partial charge in [0.25, 0.3) is 0 Å². The Morgan fingerprint density at radius 3 is 2.95 bits per heavy atom. The van der Waals surface area contributed by atoms with Gasteiger partial charge in [-0.2, -0.15) is 0 Å². The van der Waals surface area contributed by atoms with E-state index < -0.39 is 5.97 Å². The van der Waals surface area contributed by atoms with Crippen molar-refractivity contribution in [3.8, 4) is 5.75 Å². The number of hydrogen-bond donors (Lipinski definition) is 1. The van der Waals surface area contributed by atoms with Gasteiger partial charge in [-0.1, -0.05) is 5.16 Å². The third kappa shape index (κ3) is 2.33. The maximum atomic E-state index is 11.0. The monoisotopic (exact) mass is 287 g/mol. The Kier molecular flexibility index (Phi) is 3.09. The molecule has 0 atom stereocenters. The maximum Gasteiger partial charge on any atom is 0.356 e. The van der Waals surface area contributed by atoms with Crippen LogP contribution in [0.15, 0.2) is 29.0 Å². The lowest BCUT2D eigenvalue weighted by Gasteiger charge is -2.06. The maximum absolute atomic E-state index is 11.0. The summed E-state index contributed by atoms with van der Waals surface area (Å²) in [6.45, 7) is 3.95. The fourth-order valence-corrected chi connectivity index (χ4v) is 2.06. The van der Waals surface area contributed by atoms with E-state index in [0.29, 0.717) is 17.2 Å². The molecule has 0 aliphatic carbocycles. The Morgan fingerprint density at radius 1 is 1.48 bits per heavy atom. The number of hydrogen-bond acceptors (Lipinski definition) is 5. The Morgan fingerprint density at radius 2 is 2.29 bits per heavy atom. The van der Waals surface area contributed by atoms with E-state index in [1.165, 1.54) is 6.20 Å². The highest BCUT2D eigenvalue weighted by atomic mass is 16.5. The number of carboxylic acid groups (broad SMARTS) is 1. The zero-order valence-electron chi connectivity index (χ0n) is 11.5. The molecule has 0 bridgehead atoms. The second kappa shape index (κ2) is 4.93. The molecule has 0 amide bonds. The Balaban J connectivity index is 1.92. The molecule has 108 valence electrons. The largest absolute Gasteiger partial charge is 0.485 e. The van der Waals surface area contributed by atoms with Crippen molar-refractivity contribution in [3.63, 3.8) is 0 Å². The van der Waals surface area contributed by atoms with Crippen LogP contribution in [0.1, 0.15) is 27.5 Å². The lowest BCUT2D eigenvalue weighted by Crippen LogP contribution is -1.99. The van der Waals surface area contributed by atoms with Gasteiger partial charge in [0, 0.05) is 12.4 Å². The molecule has 0 fully saturated rings. The second-order valence-electron chi connectivity index (χ2n) is 4.63. The molecule has 0 saturated heterocycles. The molecule has 21 heavy (non-hydrogen) atoms. The number of imidazole rings is 1. The second-order valence-corrected chi connectivity index (χ2v) is 4.63. The first-order chi connectivity index (χ1) is 10.1. The Bertz CT molecular complexity index is 799. The van der Waals surface area contributed by atoms with Crippen LogP contribution in [0.2, 0.25) is 0 Å². The van der Waals surface area contributed by atoms with Gasteiger partial charge in [0.15, 0.2) is 17.1 Å². The first-order valence-corrected chi connectivity index (χ1v) is 6.32. The van der Waals surface area contributed by atoms with Gasteiger partial charge in [-0.15, -0.1) is 0 Å². The zero-order valence-corrected chi connectivity index (χ0v) is 11.5. The normalized spacial score (nSPS) is 11.0. The van der Waals surface area contributed by atoms with Crippen molar-refractivity contribution in [3.05, 3.63) is 47.2 Å². The van der Waals surface area contributed by atoms with Crippen LogP contribution in [0, 0.1) is 13.8 Å². The molecule has 0 radical (unpaired) electrons. The average molecular weight is 287 g/mol. The molecule has 3 aromatic rings. The van der Waals surface area contributed by atoms with E-state index in [-0.39, 0.29) is 12.3 Å². The summed E-state index contributed by atoms with van der Waals surface area (Å²) >= 11 is 0. The summed E-state index contributed by atoms with van der Waals surface area (Å²) in [5.74, 6) is 0.134. The zero-order chi connectivity index (χ0) is 15.0. The number of carbonyl (C=O) groups is 1. The van der Waals surface area contributed by atoms with E-state index in [1.54, 1.807) is 22.7 Å². The number of nitrogens with zero attached hydrogens (tertiary/aromatic N) is 3. The van der Waals surface area contributed by atoms with Crippen molar-refractivity contribution in [2.24, 2.45) is 0 Å². The van der Waals surface area contributed by atoms with E-state index in [2.05, 4.69) is 10.1 Å². The molecule has 1 N–H and O–H groups in total. The van der Waals surface area contributed by atoms with Crippen LogP contribution in [0.4, 0.5) is 0 Å². The number of fused-ring (bicyclic) bond motifs is 1. The SMILES string of the molecule is Cc1noc(C)c1COc1cccn2cc(C(=O)O)nc12. The predicted octanol–water partition coefficient (Wildman–Crippen LogP) is 2.22. The summed E-state index contributed by atoms with van der Waals surface area (Å²) in [4.78, 5) is 15.0. The van der Waals surface area contributed by atoms with Gasteiger partial charge in [-0.05, 0) is 26.0 Å². The van der Waals surface area contributed by atoms with E-state index >= 15 is 0 Å². The molecule has 0 spiro atoms. The van der Waals surface area contributed by atoms with Gasteiger partial charge >= 0.3 is 5.97 Å². The molecule has 0 unspecified atom stereocenters. The van der Waals surface area contributed by atoms with Crippen LogP contribution >= 0.6 is 0 Å². The Hall–Kier alpha value is -2.83. The van der Waals surface area contributed by atoms with Crippen LogP contribution in [-0.2, 0) is 6.61 Å². The van der Waals surface area contributed by atoms with Crippen molar-refractivity contribution in [2.75, 3.05) is 0 Å². The minimum absolute atomic E-state index is 0.0246. The highest BCUT2D eigenvalue weighted by Crippen LogP contribution is 2.22. The summed E-state index contributed by atoms with van der Waals surface area (Å²) in [6, 6.07) is 3.51. The van der Waals surface area contributed by atoms with Crippen molar-refractivity contribution in [1.82, 2.24) is 14.5 Å². The fraction of sp³-hybridized carbons (Fsp3) is 0.214. The molecule has 3 heterocycles. The van der Waals surface area contributed by atoms with Gasteiger partial charge in [-0.3, -0.25) is 0 Å². The summed E-state index contributed by atoms with van der Waals surface area (Å²) in [6.07, 6.45) is 3.16. The molecular weight excluding hydrogens is 274 g/mol. The molecule has 7 nitrogen and oxygen atoms in total. The smallest absolute Gasteiger partial charge is 0.356 e. The first kappa shape index (κ1) is 13.2. The third-order valence-electron chi connectivity index (χ3n) is 3.22. The number of ether oxygens (including phenoxy) is 1. The molecule has 3 rings (SSSR count). The summed E-state index contributed by atoms with van der Waals surface area (Å²) in [5, 5.41) is 12.9. The summed E-state index contributed by atoms with van der Waals surface area (Å²) in [7, 11) is 0. The summed E-state index contributed by atoms with van der Waals surface area (Å²) in [5.41, 5.74) is 2.08. The quantitative estimate of drug-likeness (QED) is 0.791. The molecule has 0 aliphatic rings. The molecular formula is C14H13N3O4. The average Bonchev–Trinajstić information content (AvgIpc) is 3.02. The third-order valence-corrected chi connectivity index (χ3v) is 3.22. The molecule has 0 aliphatic heterocycles. The van der Waals surface area contributed by atoms with Crippen LogP contribution in [0.5, 0.6) is 5.75 Å². The number of pyridine rings is 1. The molecule has 7 heteroatoms. The van der Waals surface area contributed by atoms with Crippen molar-refractivity contribution in [1.29, 1.82) is 0 Å². The predicted molar refractivity (Wildman–Crippen MR) is 72.5 cm³/mol. The van der Waals surface area contributed by atoms with Gasteiger partial charge in [0.1, 0.15) is 12.4 Å². The number of carboxylic acids is 1. The number of rotatable bonds is 4. The number of aryl methyl sites for hydroxylation is 2. The van der Waals surface area contributed by atoms with E-state index in [0.717, 1.165) is 11.3 Å². The lowest BCUT2D eigenvalue weighted by molar-refractivity contribution is 0.0691. The topological polar surface area (TPSA) is 89.9 Å². The van der Waals surface area contributed by atoms with E-state index in [1.807, 2.05) is 13.8 Å². The fourth-order valence-electron chi connectivity index (χ4n) is 2.06. The van der Waals surface area contributed by atoms with Crippen molar-refractivity contribution in [2.45, 2.75) is 20.5 Å². The van der Waals surface area contributed by atoms with Gasteiger partial charge in [0.2, 0.25) is 0 Å². The number of aromatic carboxylic acids is 1. The van der Waals surface area contributed by atoms with Gasteiger partial charge in [-0.25, -0.2) is 9.78 Å². The van der Waals surface area contributed by atoms with Crippen LogP contribution in [-0.4, -0.2) is 25.6 Å². The molecule has 3 aromatic heterocycles. The Labute approximate surface area is 119 Å². The molecule has 0 saturated carbocycles. The highest BCUT2D eigenvalue weighted by Gasteiger charge is 2.14. The minimum atomic E-state index is -1.07. The van der Waals surface area contributed by atoms with Crippen molar-refractivity contribution >= 4 is 11.6 Å². The van der Waals surface area contributed by atoms with Gasteiger partial charge < -0.3 is 18.8 Å². The van der Waals surface area contributed by atoms with Gasteiger partial charge in [0.05, 0.1) is 11.3 Å². The van der Waals surface area contributed by atoms with Crippen LogP contribution in [0.25, 0.3) is 5.65 Å². The summed E-state index contributed by atoms with van der Waals surface area (Å²) < 4.78 is 12.4. The molecule has 0 aromatic carbocycles. The van der Waals surface area contributed by atoms with Crippen molar-refractivity contribution < 1.29 is 19.2 Å². The van der Waals surface area contributed by atoms with E-state index in [9.17, 15) is 4.79 Å². The standard InChI is InChI=1S/C14H13N3O4/c1-8-10(9(2)21-16-8)7-20-12-4-3-5-17-6-11(14(18)19)15-13(12)17/h3-6H,7H2,1-2H3,(H,18,19). The first-order valence-electron chi connectivity index (χ1n) is 6.32. The van der Waals surface area contributed by atoms with Crippen LogP contribution in [0.3, 0.4) is 0 Å². The van der Waals surface area contributed by atoms with E-state index in [4.69, 9.17) is 14.4 Å². The van der Waals surface area contributed by atoms with Crippen LogP contribution < -0.4 is 4.74 Å². The highest BCUT2D eigenvalue weighted by molar-refractivity contribution is 5.86.